The Bertz CT molecular complexity index is 529. The molecule has 0 aliphatic carbocycles. The van der Waals surface area contributed by atoms with Crippen LogP contribution in [0, 0.1) is 0 Å². The second kappa shape index (κ2) is 4.98. The summed E-state index contributed by atoms with van der Waals surface area (Å²) in [5, 5.41) is 0. The molecule has 2 heterocycles. The molecule has 0 bridgehead atoms. The molecule has 1 aliphatic heterocycles. The van der Waals surface area contributed by atoms with Crippen molar-refractivity contribution in [2.75, 3.05) is 20.2 Å². The number of nitrogens with one attached hydrogen (secondary N) is 1. The zero-order valence-corrected chi connectivity index (χ0v) is 10.8. The van der Waals surface area contributed by atoms with E-state index in [0.717, 1.165) is 29.2 Å². The van der Waals surface area contributed by atoms with Crippen molar-refractivity contribution in [1.82, 2.24) is 14.9 Å². The first-order valence-electron chi connectivity index (χ1n) is 6.60. The fourth-order valence-corrected chi connectivity index (χ4v) is 2.57. The number of imidazole rings is 1. The lowest BCUT2D eigenvalue weighted by molar-refractivity contribution is 0.216. The van der Waals surface area contributed by atoms with Crippen LogP contribution in [0.1, 0.15) is 25.1 Å². The van der Waals surface area contributed by atoms with Crippen LogP contribution in [0.3, 0.4) is 0 Å². The highest BCUT2D eigenvalue weighted by atomic mass is 16.5. The average molecular weight is 245 g/mol. The summed E-state index contributed by atoms with van der Waals surface area (Å²) in [5.41, 5.74) is 2.07. The monoisotopic (exact) mass is 245 g/mol. The molecule has 0 atom stereocenters. The van der Waals surface area contributed by atoms with E-state index in [-0.39, 0.29) is 0 Å². The number of piperidine rings is 1. The van der Waals surface area contributed by atoms with Crippen molar-refractivity contribution in [3.63, 3.8) is 0 Å². The maximum atomic E-state index is 5.22. The van der Waals surface area contributed by atoms with Gasteiger partial charge in [-0.15, -0.1) is 0 Å². The van der Waals surface area contributed by atoms with Crippen molar-refractivity contribution in [1.29, 1.82) is 0 Å². The van der Waals surface area contributed by atoms with Gasteiger partial charge in [0.05, 0.1) is 24.7 Å². The standard InChI is InChI=1S/C14H19N3O/c1-18-11-5-6-12-13(9-11)16-14(15-12)10-17-7-3-2-4-8-17/h5-6,9H,2-4,7-8,10H2,1H3,(H,15,16). The third-order valence-electron chi connectivity index (χ3n) is 3.56. The van der Waals surface area contributed by atoms with E-state index in [1.807, 2.05) is 18.2 Å². The molecule has 1 N–H and O–H groups in total. The number of rotatable bonds is 3. The fraction of sp³-hybridized carbons (Fsp3) is 0.500. The van der Waals surface area contributed by atoms with E-state index in [1.54, 1.807) is 7.11 Å². The number of H-pyrrole nitrogens is 1. The van der Waals surface area contributed by atoms with Gasteiger partial charge in [-0.05, 0) is 38.1 Å². The highest BCUT2D eigenvalue weighted by molar-refractivity contribution is 5.76. The Kier molecular flexibility index (Phi) is 3.19. The van der Waals surface area contributed by atoms with Crippen LogP contribution in [-0.2, 0) is 6.54 Å². The molecular formula is C14H19N3O. The van der Waals surface area contributed by atoms with Gasteiger partial charge in [-0.1, -0.05) is 6.42 Å². The molecule has 2 aromatic rings. The molecule has 0 unspecified atom stereocenters. The second-order valence-electron chi connectivity index (χ2n) is 4.90. The zero-order valence-electron chi connectivity index (χ0n) is 10.8. The Hall–Kier alpha value is -1.55. The van der Waals surface area contributed by atoms with Gasteiger partial charge >= 0.3 is 0 Å². The average Bonchev–Trinajstić information content (AvgIpc) is 2.80. The van der Waals surface area contributed by atoms with Crippen molar-refractivity contribution in [3.8, 4) is 5.75 Å². The van der Waals surface area contributed by atoms with Crippen LogP contribution in [0.2, 0.25) is 0 Å². The molecule has 1 aromatic heterocycles. The normalized spacial score (nSPS) is 17.2. The second-order valence-corrected chi connectivity index (χ2v) is 4.90. The summed E-state index contributed by atoms with van der Waals surface area (Å²) in [7, 11) is 1.69. The molecule has 3 rings (SSSR count). The highest BCUT2D eigenvalue weighted by Gasteiger charge is 2.12. The van der Waals surface area contributed by atoms with Gasteiger partial charge in [0.15, 0.2) is 0 Å². The quantitative estimate of drug-likeness (QED) is 0.903. The molecule has 0 spiro atoms. The van der Waals surface area contributed by atoms with Crippen molar-refractivity contribution in [2.24, 2.45) is 0 Å². The molecule has 1 saturated heterocycles. The van der Waals surface area contributed by atoms with E-state index in [0.29, 0.717) is 0 Å². The predicted molar refractivity (Wildman–Crippen MR) is 71.8 cm³/mol. The van der Waals surface area contributed by atoms with Gasteiger partial charge in [0.1, 0.15) is 11.6 Å². The minimum atomic E-state index is 0.871. The number of benzene rings is 1. The molecule has 1 aromatic carbocycles. The topological polar surface area (TPSA) is 41.1 Å². The number of methoxy groups -OCH3 is 1. The van der Waals surface area contributed by atoms with E-state index in [2.05, 4.69) is 14.9 Å². The number of aromatic nitrogens is 2. The van der Waals surface area contributed by atoms with Gasteiger partial charge in [0.25, 0.3) is 0 Å². The number of likely N-dealkylation sites (tertiary alicyclic amines) is 1. The lowest BCUT2D eigenvalue weighted by Crippen LogP contribution is -2.29. The molecule has 0 radical (unpaired) electrons. The molecule has 96 valence electrons. The first-order valence-corrected chi connectivity index (χ1v) is 6.60. The van der Waals surface area contributed by atoms with E-state index in [1.165, 1.54) is 32.4 Å². The summed E-state index contributed by atoms with van der Waals surface area (Å²) in [5.74, 6) is 1.93. The lowest BCUT2D eigenvalue weighted by Gasteiger charge is -2.25. The van der Waals surface area contributed by atoms with Crippen molar-refractivity contribution >= 4 is 11.0 Å². The Balaban J connectivity index is 1.79. The molecule has 4 nitrogen and oxygen atoms in total. The van der Waals surface area contributed by atoms with E-state index in [9.17, 15) is 0 Å². The number of hydrogen-bond donors (Lipinski definition) is 1. The van der Waals surface area contributed by atoms with Crippen LogP contribution < -0.4 is 4.74 Å². The van der Waals surface area contributed by atoms with Crippen LogP contribution in [0.25, 0.3) is 11.0 Å². The van der Waals surface area contributed by atoms with E-state index < -0.39 is 0 Å². The Morgan fingerprint density at radius 3 is 2.89 bits per heavy atom. The Morgan fingerprint density at radius 2 is 2.11 bits per heavy atom. The molecule has 4 heteroatoms. The van der Waals surface area contributed by atoms with E-state index in [4.69, 9.17) is 4.74 Å². The highest BCUT2D eigenvalue weighted by Crippen LogP contribution is 2.20. The van der Waals surface area contributed by atoms with Crippen molar-refractivity contribution in [3.05, 3.63) is 24.0 Å². The summed E-state index contributed by atoms with van der Waals surface area (Å²) in [4.78, 5) is 10.5. The van der Waals surface area contributed by atoms with Crippen LogP contribution in [0.4, 0.5) is 0 Å². The SMILES string of the molecule is COc1ccc2nc(CN3CCCCC3)[nH]c2c1. The molecule has 1 fully saturated rings. The molecular weight excluding hydrogens is 226 g/mol. The third kappa shape index (κ3) is 2.34. The van der Waals surface area contributed by atoms with Crippen molar-refractivity contribution < 1.29 is 4.74 Å². The summed E-state index contributed by atoms with van der Waals surface area (Å²) in [6, 6.07) is 5.96. The third-order valence-corrected chi connectivity index (χ3v) is 3.56. The summed E-state index contributed by atoms with van der Waals surface area (Å²) < 4.78 is 5.22. The van der Waals surface area contributed by atoms with E-state index >= 15 is 0 Å². The zero-order chi connectivity index (χ0) is 12.4. The van der Waals surface area contributed by atoms with Crippen LogP contribution in [0.15, 0.2) is 18.2 Å². The number of fused-ring (bicyclic) bond motifs is 1. The molecule has 1 aliphatic rings. The number of nitrogens with zero attached hydrogens (tertiary/aromatic N) is 2. The molecule has 18 heavy (non-hydrogen) atoms. The molecule has 0 saturated carbocycles. The maximum Gasteiger partial charge on any atom is 0.121 e. The fourth-order valence-electron chi connectivity index (χ4n) is 2.57. The number of hydrogen-bond acceptors (Lipinski definition) is 3. The van der Waals surface area contributed by atoms with Gasteiger partial charge in [0.2, 0.25) is 0 Å². The maximum absolute atomic E-state index is 5.22. The summed E-state index contributed by atoms with van der Waals surface area (Å²) >= 11 is 0. The Labute approximate surface area is 107 Å². The molecule has 0 amide bonds. The van der Waals surface area contributed by atoms with Gasteiger partial charge in [-0.25, -0.2) is 4.98 Å². The van der Waals surface area contributed by atoms with Crippen molar-refractivity contribution in [2.45, 2.75) is 25.8 Å². The van der Waals surface area contributed by atoms with Crippen LogP contribution in [-0.4, -0.2) is 35.1 Å². The summed E-state index contributed by atoms with van der Waals surface area (Å²) in [6.45, 7) is 3.32. The van der Waals surface area contributed by atoms with Gasteiger partial charge in [-0.3, -0.25) is 4.90 Å². The van der Waals surface area contributed by atoms with Gasteiger partial charge in [0, 0.05) is 6.07 Å². The lowest BCUT2D eigenvalue weighted by atomic mass is 10.1. The van der Waals surface area contributed by atoms with Crippen LogP contribution >= 0.6 is 0 Å². The minimum Gasteiger partial charge on any atom is -0.497 e. The number of aromatic amines is 1. The largest absolute Gasteiger partial charge is 0.497 e. The Morgan fingerprint density at radius 1 is 1.28 bits per heavy atom. The summed E-state index contributed by atoms with van der Waals surface area (Å²) in [6.07, 6.45) is 4.00. The minimum absolute atomic E-state index is 0.871. The first kappa shape index (κ1) is 11.5. The van der Waals surface area contributed by atoms with Gasteiger partial charge < -0.3 is 9.72 Å². The predicted octanol–water partition coefficient (Wildman–Crippen LogP) is 2.56. The van der Waals surface area contributed by atoms with Gasteiger partial charge in [-0.2, -0.15) is 0 Å². The van der Waals surface area contributed by atoms with Crippen LogP contribution in [0.5, 0.6) is 5.75 Å². The smallest absolute Gasteiger partial charge is 0.121 e. The first-order chi connectivity index (χ1) is 8.85. The number of ether oxygens (including phenoxy) is 1.